The molecule has 17 heavy (non-hydrogen) atoms. The molecule has 1 fully saturated rings. The maximum atomic E-state index is 10.7. The molecule has 4 heteroatoms. The molecule has 0 aromatic rings. The van der Waals surface area contributed by atoms with Crippen molar-refractivity contribution in [1.29, 1.82) is 0 Å². The first-order valence-electron chi connectivity index (χ1n) is 6.44. The van der Waals surface area contributed by atoms with Gasteiger partial charge >= 0.3 is 5.97 Å². The van der Waals surface area contributed by atoms with E-state index >= 15 is 0 Å². The minimum absolute atomic E-state index is 0.142. The van der Waals surface area contributed by atoms with Gasteiger partial charge in [0.05, 0.1) is 6.10 Å². The van der Waals surface area contributed by atoms with Crippen LogP contribution in [0.3, 0.4) is 0 Å². The van der Waals surface area contributed by atoms with Gasteiger partial charge in [-0.2, -0.15) is 0 Å². The summed E-state index contributed by atoms with van der Waals surface area (Å²) in [5.41, 5.74) is 0.459. The summed E-state index contributed by atoms with van der Waals surface area (Å²) in [4.78, 5) is 10.7. The van der Waals surface area contributed by atoms with Gasteiger partial charge in [-0.3, -0.25) is 0 Å². The van der Waals surface area contributed by atoms with Crippen molar-refractivity contribution in [2.24, 2.45) is 5.92 Å². The molecule has 0 saturated heterocycles. The molecular weight excluding hydrogens is 218 g/mol. The minimum Gasteiger partial charge on any atom is -0.478 e. The van der Waals surface area contributed by atoms with E-state index in [9.17, 15) is 9.90 Å². The van der Waals surface area contributed by atoms with Gasteiger partial charge < -0.3 is 15.5 Å². The predicted molar refractivity (Wildman–Crippen MR) is 66.8 cm³/mol. The van der Waals surface area contributed by atoms with Gasteiger partial charge in [0.1, 0.15) is 0 Å². The molecule has 4 nitrogen and oxygen atoms in total. The molecule has 3 N–H and O–H groups in total. The topological polar surface area (TPSA) is 69.6 Å². The summed E-state index contributed by atoms with van der Waals surface area (Å²) in [6.45, 7) is 3.31. The zero-order valence-corrected chi connectivity index (χ0v) is 10.5. The van der Waals surface area contributed by atoms with Crippen molar-refractivity contribution in [3.05, 3.63) is 11.6 Å². The van der Waals surface area contributed by atoms with Crippen LogP contribution in [0, 0.1) is 5.92 Å². The third kappa shape index (κ3) is 5.33. The average molecular weight is 241 g/mol. The Morgan fingerprint density at radius 2 is 2.24 bits per heavy atom. The first-order valence-corrected chi connectivity index (χ1v) is 6.44. The van der Waals surface area contributed by atoms with Crippen molar-refractivity contribution < 1.29 is 15.0 Å². The van der Waals surface area contributed by atoms with Gasteiger partial charge in [0.25, 0.3) is 0 Å². The largest absolute Gasteiger partial charge is 0.478 e. The molecule has 2 atom stereocenters. The molecule has 0 amide bonds. The molecule has 0 bridgehead atoms. The van der Waals surface area contributed by atoms with Crippen molar-refractivity contribution >= 4 is 5.97 Å². The van der Waals surface area contributed by atoms with Gasteiger partial charge in [0, 0.05) is 12.1 Å². The van der Waals surface area contributed by atoms with Crippen molar-refractivity contribution in [2.75, 3.05) is 13.1 Å². The van der Waals surface area contributed by atoms with Gasteiger partial charge in [0.15, 0.2) is 0 Å². The van der Waals surface area contributed by atoms with Crippen LogP contribution in [0.15, 0.2) is 11.6 Å². The summed E-state index contributed by atoms with van der Waals surface area (Å²) in [6.07, 6.45) is 6.20. The highest BCUT2D eigenvalue weighted by Gasteiger charge is 2.19. The number of carbonyl (C=O) groups is 1. The SMILES string of the molecule is CCC(=CCNCC1CCCC(O)C1)C(=O)O. The number of aliphatic carboxylic acids is 1. The maximum Gasteiger partial charge on any atom is 0.331 e. The Labute approximate surface area is 103 Å². The summed E-state index contributed by atoms with van der Waals surface area (Å²) in [6, 6.07) is 0. The van der Waals surface area contributed by atoms with E-state index in [2.05, 4.69) is 5.32 Å². The van der Waals surface area contributed by atoms with E-state index in [1.165, 1.54) is 0 Å². The van der Waals surface area contributed by atoms with Gasteiger partial charge in [-0.25, -0.2) is 4.79 Å². The number of nitrogens with one attached hydrogen (secondary N) is 1. The fourth-order valence-electron chi connectivity index (χ4n) is 2.31. The van der Waals surface area contributed by atoms with Crippen LogP contribution in [-0.4, -0.2) is 35.4 Å². The van der Waals surface area contributed by atoms with Gasteiger partial charge in [0.2, 0.25) is 0 Å². The molecule has 0 spiro atoms. The molecule has 0 aromatic carbocycles. The van der Waals surface area contributed by atoms with Gasteiger partial charge in [-0.05, 0) is 38.1 Å². The fourth-order valence-corrected chi connectivity index (χ4v) is 2.31. The highest BCUT2D eigenvalue weighted by atomic mass is 16.4. The van der Waals surface area contributed by atoms with E-state index in [1.807, 2.05) is 6.92 Å². The van der Waals surface area contributed by atoms with Crippen LogP contribution in [0.5, 0.6) is 0 Å². The number of hydrogen-bond acceptors (Lipinski definition) is 3. The Morgan fingerprint density at radius 3 is 2.82 bits per heavy atom. The van der Waals surface area contributed by atoms with Crippen LogP contribution in [0.25, 0.3) is 0 Å². The summed E-state index contributed by atoms with van der Waals surface area (Å²) < 4.78 is 0. The standard InChI is InChI=1S/C13H23NO3/c1-2-11(13(16)17)6-7-14-9-10-4-3-5-12(15)8-10/h6,10,12,14-15H,2-5,7-9H2,1H3,(H,16,17). The summed E-state index contributed by atoms with van der Waals surface area (Å²) in [5.74, 6) is -0.301. The first-order chi connectivity index (χ1) is 8.13. The molecule has 0 aromatic heterocycles. The Morgan fingerprint density at radius 1 is 1.47 bits per heavy atom. The number of carboxylic acid groups (broad SMARTS) is 1. The summed E-state index contributed by atoms with van der Waals surface area (Å²) >= 11 is 0. The average Bonchev–Trinajstić information content (AvgIpc) is 2.28. The molecule has 2 unspecified atom stereocenters. The van der Waals surface area contributed by atoms with Crippen molar-refractivity contribution in [2.45, 2.75) is 45.1 Å². The Balaban J connectivity index is 2.21. The lowest BCUT2D eigenvalue weighted by Gasteiger charge is -2.25. The van der Waals surface area contributed by atoms with Gasteiger partial charge in [-0.15, -0.1) is 0 Å². The second kappa shape index (κ2) is 7.45. The third-order valence-corrected chi connectivity index (χ3v) is 3.34. The molecule has 0 heterocycles. The first kappa shape index (κ1) is 14.2. The summed E-state index contributed by atoms with van der Waals surface area (Å²) in [5, 5.41) is 21.6. The number of aliphatic hydroxyl groups excluding tert-OH is 1. The number of rotatable bonds is 6. The van der Waals surface area contributed by atoms with Crippen LogP contribution < -0.4 is 5.32 Å². The highest BCUT2D eigenvalue weighted by molar-refractivity contribution is 5.86. The molecular formula is C13H23NO3. The van der Waals surface area contributed by atoms with E-state index in [1.54, 1.807) is 6.08 Å². The van der Waals surface area contributed by atoms with Crippen molar-refractivity contribution in [3.8, 4) is 0 Å². The quantitative estimate of drug-likeness (QED) is 0.487. The van der Waals surface area contributed by atoms with Crippen LogP contribution in [-0.2, 0) is 4.79 Å². The van der Waals surface area contributed by atoms with Crippen molar-refractivity contribution in [3.63, 3.8) is 0 Å². The van der Waals surface area contributed by atoms with Gasteiger partial charge in [-0.1, -0.05) is 19.4 Å². The predicted octanol–water partition coefficient (Wildman–Crippen LogP) is 1.55. The molecule has 1 rings (SSSR count). The smallest absolute Gasteiger partial charge is 0.331 e. The monoisotopic (exact) mass is 241 g/mol. The second-order valence-corrected chi connectivity index (χ2v) is 4.73. The summed E-state index contributed by atoms with van der Waals surface area (Å²) in [7, 11) is 0. The van der Waals surface area contributed by atoms with Crippen LogP contribution in [0.2, 0.25) is 0 Å². The minimum atomic E-state index is -0.831. The van der Waals surface area contributed by atoms with E-state index in [-0.39, 0.29) is 6.10 Å². The Kier molecular flexibility index (Phi) is 6.22. The normalized spacial score (nSPS) is 25.9. The number of aliphatic hydroxyl groups is 1. The van der Waals surface area contributed by atoms with E-state index < -0.39 is 5.97 Å². The van der Waals surface area contributed by atoms with E-state index in [0.717, 1.165) is 32.2 Å². The fraction of sp³-hybridized carbons (Fsp3) is 0.769. The maximum absolute atomic E-state index is 10.7. The molecule has 1 saturated carbocycles. The Bertz CT molecular complexity index is 276. The van der Waals surface area contributed by atoms with Crippen LogP contribution in [0.1, 0.15) is 39.0 Å². The molecule has 0 aliphatic heterocycles. The second-order valence-electron chi connectivity index (χ2n) is 4.73. The highest BCUT2D eigenvalue weighted by Crippen LogP contribution is 2.23. The van der Waals surface area contributed by atoms with E-state index in [4.69, 9.17) is 5.11 Å². The zero-order chi connectivity index (χ0) is 12.7. The number of carboxylic acids is 1. The molecule has 1 aliphatic rings. The van der Waals surface area contributed by atoms with E-state index in [0.29, 0.717) is 24.5 Å². The molecule has 98 valence electrons. The van der Waals surface area contributed by atoms with Crippen molar-refractivity contribution in [1.82, 2.24) is 5.32 Å². The zero-order valence-electron chi connectivity index (χ0n) is 10.5. The molecule has 0 radical (unpaired) electrons. The van der Waals surface area contributed by atoms with Crippen LogP contribution >= 0.6 is 0 Å². The lowest BCUT2D eigenvalue weighted by molar-refractivity contribution is -0.132. The lowest BCUT2D eigenvalue weighted by atomic mass is 9.87. The lowest BCUT2D eigenvalue weighted by Crippen LogP contribution is -2.29. The Hall–Kier alpha value is -0.870. The third-order valence-electron chi connectivity index (χ3n) is 3.34. The molecule has 1 aliphatic carbocycles. The van der Waals surface area contributed by atoms with Crippen LogP contribution in [0.4, 0.5) is 0 Å². The number of hydrogen-bond donors (Lipinski definition) is 3.